The summed E-state index contributed by atoms with van der Waals surface area (Å²) < 4.78 is 10.7. The Morgan fingerprint density at radius 1 is 1.29 bits per heavy atom. The van der Waals surface area contributed by atoms with E-state index in [1.54, 1.807) is 11.2 Å². The minimum absolute atomic E-state index is 0.00747. The molecule has 0 bridgehead atoms. The Hall–Kier alpha value is -2.76. The summed E-state index contributed by atoms with van der Waals surface area (Å²) in [5.74, 6) is 1.28. The molecule has 1 aromatic heterocycles. The van der Waals surface area contributed by atoms with Crippen molar-refractivity contribution >= 4 is 17.5 Å². The molecule has 0 aliphatic carbocycles. The molecule has 1 aromatic carbocycles. The number of nitrogens with one attached hydrogen (secondary N) is 1. The monoisotopic (exact) mass is 328 g/mol. The van der Waals surface area contributed by atoms with Gasteiger partial charge in [-0.1, -0.05) is 12.1 Å². The Bertz CT molecular complexity index is 712. The number of nitrogens with zero attached hydrogens (tertiary/aromatic N) is 1. The van der Waals surface area contributed by atoms with Crippen molar-refractivity contribution in [2.24, 2.45) is 0 Å². The molecule has 24 heavy (non-hydrogen) atoms. The Labute approximate surface area is 140 Å². The molecule has 2 heterocycles. The smallest absolute Gasteiger partial charge is 0.265 e. The van der Waals surface area contributed by atoms with Crippen molar-refractivity contribution < 1.29 is 18.7 Å². The normalized spacial score (nSPS) is 14.7. The minimum atomic E-state index is -0.134. The first-order valence-electron chi connectivity index (χ1n) is 7.97. The first kappa shape index (κ1) is 16.1. The Morgan fingerprint density at radius 2 is 2.12 bits per heavy atom. The topological polar surface area (TPSA) is 71.8 Å². The third-order valence-corrected chi connectivity index (χ3v) is 3.87. The number of benzene rings is 1. The van der Waals surface area contributed by atoms with Crippen LogP contribution in [-0.4, -0.2) is 31.0 Å². The van der Waals surface area contributed by atoms with Crippen molar-refractivity contribution in [3.05, 3.63) is 48.4 Å². The second-order valence-corrected chi connectivity index (χ2v) is 5.80. The number of rotatable bonds is 6. The van der Waals surface area contributed by atoms with Crippen LogP contribution in [0.5, 0.6) is 5.75 Å². The number of hydrogen-bond donors (Lipinski definition) is 1. The molecule has 3 rings (SSSR count). The number of para-hydroxylation sites is 2. The average Bonchev–Trinajstić information content (AvgIpc) is 3.06. The zero-order chi connectivity index (χ0) is 16.9. The first-order chi connectivity index (χ1) is 11.6. The summed E-state index contributed by atoms with van der Waals surface area (Å²) in [5.41, 5.74) is 0.713. The highest BCUT2D eigenvalue weighted by molar-refractivity contribution is 5.98. The first-order valence-corrected chi connectivity index (χ1v) is 7.97. The van der Waals surface area contributed by atoms with Crippen molar-refractivity contribution in [2.45, 2.75) is 25.8 Å². The summed E-state index contributed by atoms with van der Waals surface area (Å²) in [6.07, 6.45) is 2.49. The lowest BCUT2D eigenvalue weighted by atomic mass is 10.2. The molecule has 0 saturated heterocycles. The quantitative estimate of drug-likeness (QED) is 0.882. The lowest BCUT2D eigenvalue weighted by molar-refractivity contribution is -0.122. The SMILES string of the molecule is C[C@@H](Cc1ccco1)NC(=O)CCN1C(=O)COc2ccccc21. The van der Waals surface area contributed by atoms with Gasteiger partial charge in [0.15, 0.2) is 6.61 Å². The fourth-order valence-corrected chi connectivity index (χ4v) is 2.74. The van der Waals surface area contributed by atoms with Gasteiger partial charge in [0.05, 0.1) is 12.0 Å². The molecule has 0 fully saturated rings. The predicted molar refractivity (Wildman–Crippen MR) is 88.9 cm³/mol. The Balaban J connectivity index is 1.53. The molecule has 1 aliphatic rings. The zero-order valence-electron chi connectivity index (χ0n) is 13.5. The zero-order valence-corrected chi connectivity index (χ0v) is 13.5. The van der Waals surface area contributed by atoms with Gasteiger partial charge in [-0.05, 0) is 31.2 Å². The van der Waals surface area contributed by atoms with Gasteiger partial charge in [-0.3, -0.25) is 9.59 Å². The van der Waals surface area contributed by atoms with Crippen LogP contribution in [0.2, 0.25) is 0 Å². The molecule has 6 heteroatoms. The molecular formula is C18H20N2O4. The average molecular weight is 328 g/mol. The molecule has 2 amide bonds. The second kappa shape index (κ2) is 7.21. The predicted octanol–water partition coefficient (Wildman–Crippen LogP) is 2.14. The van der Waals surface area contributed by atoms with E-state index in [4.69, 9.17) is 9.15 Å². The molecule has 126 valence electrons. The van der Waals surface area contributed by atoms with Crippen molar-refractivity contribution in [1.82, 2.24) is 5.32 Å². The van der Waals surface area contributed by atoms with Crippen molar-refractivity contribution in [3.63, 3.8) is 0 Å². The largest absolute Gasteiger partial charge is 0.482 e. The van der Waals surface area contributed by atoms with E-state index in [0.717, 1.165) is 5.76 Å². The molecule has 0 spiro atoms. The van der Waals surface area contributed by atoms with Crippen LogP contribution in [0.1, 0.15) is 19.1 Å². The van der Waals surface area contributed by atoms with Crippen molar-refractivity contribution in [1.29, 1.82) is 0 Å². The van der Waals surface area contributed by atoms with Gasteiger partial charge in [0, 0.05) is 25.4 Å². The maximum absolute atomic E-state index is 12.1. The van der Waals surface area contributed by atoms with Crippen LogP contribution in [-0.2, 0) is 16.0 Å². The van der Waals surface area contributed by atoms with Gasteiger partial charge < -0.3 is 19.4 Å². The fourth-order valence-electron chi connectivity index (χ4n) is 2.74. The maximum atomic E-state index is 12.1. The van der Waals surface area contributed by atoms with Crippen LogP contribution in [0.25, 0.3) is 0 Å². The highest BCUT2D eigenvalue weighted by Crippen LogP contribution is 2.31. The number of ether oxygens (including phenoxy) is 1. The highest BCUT2D eigenvalue weighted by Gasteiger charge is 2.25. The van der Waals surface area contributed by atoms with Gasteiger partial charge in [0.25, 0.3) is 5.91 Å². The van der Waals surface area contributed by atoms with E-state index in [-0.39, 0.29) is 30.9 Å². The van der Waals surface area contributed by atoms with Crippen LogP contribution in [0.4, 0.5) is 5.69 Å². The molecular weight excluding hydrogens is 308 g/mol. The molecule has 1 N–H and O–H groups in total. The maximum Gasteiger partial charge on any atom is 0.265 e. The molecule has 0 radical (unpaired) electrons. The Kier molecular flexibility index (Phi) is 4.84. The van der Waals surface area contributed by atoms with E-state index in [1.165, 1.54) is 0 Å². The molecule has 6 nitrogen and oxygen atoms in total. The van der Waals surface area contributed by atoms with Gasteiger partial charge in [-0.15, -0.1) is 0 Å². The van der Waals surface area contributed by atoms with Gasteiger partial charge in [0.1, 0.15) is 11.5 Å². The van der Waals surface area contributed by atoms with E-state index in [0.29, 0.717) is 24.4 Å². The van der Waals surface area contributed by atoms with Crippen LogP contribution in [0, 0.1) is 0 Å². The fraction of sp³-hybridized carbons (Fsp3) is 0.333. The van der Waals surface area contributed by atoms with Crippen LogP contribution in [0.3, 0.4) is 0 Å². The lowest BCUT2D eigenvalue weighted by Crippen LogP contribution is -2.42. The summed E-state index contributed by atoms with van der Waals surface area (Å²) in [4.78, 5) is 25.8. The van der Waals surface area contributed by atoms with Gasteiger partial charge in [-0.2, -0.15) is 0 Å². The molecule has 1 atom stereocenters. The molecule has 2 aromatic rings. The van der Waals surface area contributed by atoms with Crippen molar-refractivity contribution in [2.75, 3.05) is 18.1 Å². The van der Waals surface area contributed by atoms with Gasteiger partial charge in [0.2, 0.25) is 5.91 Å². The third kappa shape index (κ3) is 3.76. The number of hydrogen-bond acceptors (Lipinski definition) is 4. The highest BCUT2D eigenvalue weighted by atomic mass is 16.5. The summed E-state index contributed by atoms with van der Waals surface area (Å²) in [5, 5.41) is 2.93. The van der Waals surface area contributed by atoms with Gasteiger partial charge >= 0.3 is 0 Å². The van der Waals surface area contributed by atoms with Crippen LogP contribution in [0.15, 0.2) is 47.1 Å². The van der Waals surface area contributed by atoms with Crippen molar-refractivity contribution in [3.8, 4) is 5.75 Å². The standard InChI is InChI=1S/C18H20N2O4/c1-13(11-14-5-4-10-23-14)19-17(21)8-9-20-15-6-2-3-7-16(15)24-12-18(20)22/h2-7,10,13H,8-9,11-12H2,1H3,(H,19,21)/t13-/m0/s1. The number of anilines is 1. The van der Waals surface area contributed by atoms with E-state index in [2.05, 4.69) is 5.32 Å². The van der Waals surface area contributed by atoms with E-state index < -0.39 is 0 Å². The second-order valence-electron chi connectivity index (χ2n) is 5.80. The summed E-state index contributed by atoms with van der Waals surface area (Å²) >= 11 is 0. The summed E-state index contributed by atoms with van der Waals surface area (Å²) in [6, 6.07) is 11.0. The lowest BCUT2D eigenvalue weighted by Gasteiger charge is -2.29. The number of furan rings is 1. The Morgan fingerprint density at radius 3 is 2.92 bits per heavy atom. The van der Waals surface area contributed by atoms with Gasteiger partial charge in [-0.25, -0.2) is 0 Å². The molecule has 0 unspecified atom stereocenters. The third-order valence-electron chi connectivity index (χ3n) is 3.87. The minimum Gasteiger partial charge on any atom is -0.482 e. The van der Waals surface area contributed by atoms with Crippen LogP contribution < -0.4 is 15.0 Å². The summed E-state index contributed by atoms with van der Waals surface area (Å²) in [6.45, 7) is 2.27. The van der Waals surface area contributed by atoms with Crippen LogP contribution >= 0.6 is 0 Å². The van der Waals surface area contributed by atoms with E-state index in [1.807, 2.05) is 43.3 Å². The van der Waals surface area contributed by atoms with E-state index in [9.17, 15) is 9.59 Å². The number of amides is 2. The molecule has 1 aliphatic heterocycles. The molecule has 0 saturated carbocycles. The number of carbonyl (C=O) groups excluding carboxylic acids is 2. The summed E-state index contributed by atoms with van der Waals surface area (Å²) in [7, 11) is 0. The number of carbonyl (C=O) groups is 2. The number of fused-ring (bicyclic) bond motifs is 1. The van der Waals surface area contributed by atoms with E-state index >= 15 is 0 Å².